The van der Waals surface area contributed by atoms with Crippen molar-refractivity contribution in [2.24, 2.45) is 0 Å². The number of halogens is 8. The minimum atomic E-state index is -0.775. The Morgan fingerprint density at radius 2 is 0.717 bits per heavy atom. The Balaban J connectivity index is 1.28. The van der Waals surface area contributed by atoms with E-state index in [-0.39, 0.29) is 11.1 Å². The third kappa shape index (κ3) is 4.81. The van der Waals surface area contributed by atoms with Crippen molar-refractivity contribution in [1.82, 2.24) is 0 Å². The van der Waals surface area contributed by atoms with Crippen LogP contribution in [-0.4, -0.2) is 11.9 Å². The fraction of sp³-hybridized carbons (Fsp3) is 0. The van der Waals surface area contributed by atoms with Crippen LogP contribution < -0.4 is 0 Å². The van der Waals surface area contributed by atoms with Crippen molar-refractivity contribution in [2.45, 2.75) is 0 Å². The average molecular weight is 1210 g/mol. The van der Waals surface area contributed by atoms with Crippen LogP contribution in [-0.2, 0) is 4.74 Å². The molecule has 10 aromatic rings. The van der Waals surface area contributed by atoms with E-state index in [0.29, 0.717) is 28.7 Å². The first kappa shape index (κ1) is 35.2. The molecule has 0 aromatic heterocycles. The molecular formula is C42H14Br8O3. The standard InChI is InChI=1S/C42H14Br8O3/c43-23-13-21-17-9-1-5-15-7-3-11-19(25(15)17)27-29(21)31(35(23)45)37(47)39(49)33(27)41(51)53-42(52)34-28-20-12-4-8-16-6-2-10-18(26(16)20)22-14-24(44)36(46)32(30(22)28)38(48)40(34)50/h1-14H. The first-order valence-corrected chi connectivity index (χ1v) is 22.3. The van der Waals surface area contributed by atoms with Crippen molar-refractivity contribution in [3.63, 3.8) is 0 Å². The lowest BCUT2D eigenvalue weighted by molar-refractivity contribution is 0.0399. The van der Waals surface area contributed by atoms with Crippen LogP contribution in [0.4, 0.5) is 0 Å². The average Bonchev–Trinajstić information content (AvgIpc) is 3.14. The van der Waals surface area contributed by atoms with E-state index in [1.54, 1.807) is 0 Å². The summed E-state index contributed by atoms with van der Waals surface area (Å²) in [5.74, 6) is -1.55. The SMILES string of the molecule is O=C(OC(=O)c1c(Br)c(Br)c2c(Br)c(Br)cc3c4cccc5cccc(c1c23)c54)c1c(Br)c(Br)c2c(Br)c(Br)cc3c4cccc5cccc(c1c23)c54. The van der Waals surface area contributed by atoms with Crippen LogP contribution in [0.2, 0.25) is 0 Å². The van der Waals surface area contributed by atoms with Gasteiger partial charge in [0, 0.05) is 68.1 Å². The second-order valence-corrected chi connectivity index (χ2v) is 19.3. The molecule has 10 rings (SSSR count). The molecule has 0 radical (unpaired) electrons. The van der Waals surface area contributed by atoms with E-state index >= 15 is 0 Å². The first-order chi connectivity index (χ1) is 25.5. The summed E-state index contributed by atoms with van der Waals surface area (Å²) in [7, 11) is 0. The van der Waals surface area contributed by atoms with Crippen molar-refractivity contribution in [3.05, 3.63) is 132 Å². The molecule has 3 nitrogen and oxygen atoms in total. The molecule has 11 heteroatoms. The summed E-state index contributed by atoms with van der Waals surface area (Å²) >= 11 is 30.3. The molecule has 0 heterocycles. The fourth-order valence-corrected chi connectivity index (χ4v) is 12.9. The molecule has 0 atom stereocenters. The predicted molar refractivity (Wildman–Crippen MR) is 247 cm³/mol. The largest absolute Gasteiger partial charge is 0.386 e. The molecule has 0 saturated heterocycles. The molecule has 0 amide bonds. The fourth-order valence-electron chi connectivity index (χ4n) is 8.17. The molecule has 0 aliphatic rings. The van der Waals surface area contributed by atoms with Gasteiger partial charge in [-0.25, -0.2) is 9.59 Å². The molecule has 256 valence electrons. The summed E-state index contributed by atoms with van der Waals surface area (Å²) in [6.07, 6.45) is 0. The highest BCUT2D eigenvalue weighted by Gasteiger charge is 2.32. The summed E-state index contributed by atoms with van der Waals surface area (Å²) in [6, 6.07) is 28.7. The zero-order valence-electron chi connectivity index (χ0n) is 26.3. The van der Waals surface area contributed by atoms with Gasteiger partial charge in [-0.1, -0.05) is 72.8 Å². The molecular weight excluding hydrogens is 1190 g/mol. The second-order valence-electron chi connectivity index (χ2n) is 12.8. The summed E-state index contributed by atoms with van der Waals surface area (Å²) < 4.78 is 11.7. The zero-order chi connectivity index (χ0) is 36.8. The number of rotatable bonds is 2. The molecule has 53 heavy (non-hydrogen) atoms. The van der Waals surface area contributed by atoms with E-state index in [0.717, 1.165) is 93.3 Å². The first-order valence-electron chi connectivity index (χ1n) is 16.0. The third-order valence-corrected chi connectivity index (χ3v) is 18.4. The lowest BCUT2D eigenvalue weighted by Crippen LogP contribution is -2.16. The summed E-state index contributed by atoms with van der Waals surface area (Å²) in [6.45, 7) is 0. The van der Waals surface area contributed by atoms with Gasteiger partial charge in [-0.2, -0.15) is 0 Å². The van der Waals surface area contributed by atoms with Crippen LogP contribution in [0, 0.1) is 0 Å². The Morgan fingerprint density at radius 3 is 1.09 bits per heavy atom. The van der Waals surface area contributed by atoms with Crippen molar-refractivity contribution < 1.29 is 14.3 Å². The maximum absolute atomic E-state index is 14.8. The third-order valence-electron chi connectivity index (χ3n) is 10.2. The summed E-state index contributed by atoms with van der Waals surface area (Å²) in [5.41, 5.74) is 0.499. The molecule has 0 saturated carbocycles. The molecule has 0 aliphatic heterocycles. The highest BCUT2D eigenvalue weighted by Crippen LogP contribution is 2.53. The number of benzene rings is 10. The minimum Gasteiger partial charge on any atom is -0.386 e. The van der Waals surface area contributed by atoms with Crippen molar-refractivity contribution in [1.29, 1.82) is 0 Å². The van der Waals surface area contributed by atoms with E-state index in [2.05, 4.69) is 176 Å². The molecule has 10 aromatic carbocycles. The van der Waals surface area contributed by atoms with Crippen LogP contribution >= 0.6 is 127 Å². The van der Waals surface area contributed by atoms with Crippen LogP contribution in [0.5, 0.6) is 0 Å². The smallest absolute Gasteiger partial charge is 0.347 e. The van der Waals surface area contributed by atoms with E-state index in [1.165, 1.54) is 0 Å². The second kappa shape index (κ2) is 12.6. The van der Waals surface area contributed by atoms with Gasteiger partial charge in [0.2, 0.25) is 0 Å². The van der Waals surface area contributed by atoms with Crippen LogP contribution in [0.25, 0.3) is 86.2 Å². The molecule has 0 unspecified atom stereocenters. The van der Waals surface area contributed by atoms with Gasteiger partial charge < -0.3 is 4.74 Å². The molecule has 0 N–H and O–H groups in total. The number of ether oxygens (including phenoxy) is 1. The highest BCUT2D eigenvalue weighted by molar-refractivity contribution is 9.14. The van der Waals surface area contributed by atoms with Crippen molar-refractivity contribution in [3.8, 4) is 0 Å². The van der Waals surface area contributed by atoms with Gasteiger partial charge in [0.15, 0.2) is 0 Å². The van der Waals surface area contributed by atoms with Crippen LogP contribution in [0.3, 0.4) is 0 Å². The predicted octanol–water partition coefficient (Wildman–Crippen LogP) is 16.9. The lowest BCUT2D eigenvalue weighted by Gasteiger charge is -2.22. The number of carbonyl (C=O) groups excluding carboxylic acids is 2. The molecule has 0 spiro atoms. The molecule has 0 bridgehead atoms. The van der Waals surface area contributed by atoms with Crippen LogP contribution in [0.15, 0.2) is 121 Å². The minimum absolute atomic E-state index is 0.250. The van der Waals surface area contributed by atoms with Gasteiger partial charge in [0.05, 0.1) is 11.1 Å². The monoisotopic (exact) mass is 1200 g/mol. The maximum atomic E-state index is 14.8. The van der Waals surface area contributed by atoms with E-state index < -0.39 is 11.9 Å². The summed E-state index contributed by atoms with van der Waals surface area (Å²) in [4.78, 5) is 29.6. The van der Waals surface area contributed by atoms with Gasteiger partial charge in [-0.05, 0) is 193 Å². The Morgan fingerprint density at radius 1 is 0.358 bits per heavy atom. The van der Waals surface area contributed by atoms with Crippen molar-refractivity contribution in [2.75, 3.05) is 0 Å². The summed E-state index contributed by atoms with van der Waals surface area (Å²) in [5, 5.41) is 14.8. The van der Waals surface area contributed by atoms with E-state index in [4.69, 9.17) is 4.74 Å². The lowest BCUT2D eigenvalue weighted by atomic mass is 9.87. The number of hydrogen-bond acceptors (Lipinski definition) is 3. The molecule has 0 fully saturated rings. The Bertz CT molecular complexity index is 3110. The van der Waals surface area contributed by atoms with Crippen LogP contribution in [0.1, 0.15) is 20.7 Å². The van der Waals surface area contributed by atoms with Gasteiger partial charge in [-0.3, -0.25) is 0 Å². The quantitative estimate of drug-likeness (QED) is 0.0750. The van der Waals surface area contributed by atoms with Crippen molar-refractivity contribution >= 4 is 226 Å². The number of esters is 2. The van der Waals surface area contributed by atoms with E-state index in [9.17, 15) is 9.59 Å². The maximum Gasteiger partial charge on any atom is 0.347 e. The normalized spacial score (nSPS) is 12.3. The van der Waals surface area contributed by atoms with Gasteiger partial charge in [0.1, 0.15) is 0 Å². The Hall–Kier alpha value is -2.22. The van der Waals surface area contributed by atoms with Gasteiger partial charge in [-0.15, -0.1) is 0 Å². The zero-order valence-corrected chi connectivity index (χ0v) is 39.0. The Kier molecular flexibility index (Phi) is 8.40. The van der Waals surface area contributed by atoms with E-state index in [1.807, 2.05) is 36.4 Å². The van der Waals surface area contributed by atoms with Gasteiger partial charge >= 0.3 is 11.9 Å². The Labute approximate surface area is 367 Å². The highest BCUT2D eigenvalue weighted by atomic mass is 79.9. The number of hydrogen-bond donors (Lipinski definition) is 0. The molecule has 0 aliphatic carbocycles. The number of carbonyl (C=O) groups is 2. The van der Waals surface area contributed by atoms with Gasteiger partial charge in [0.25, 0.3) is 0 Å². The number of fused-ring (bicyclic) bond motifs is 4. The topological polar surface area (TPSA) is 43.4 Å².